The summed E-state index contributed by atoms with van der Waals surface area (Å²) in [5, 5.41) is 9.01. The third-order valence-corrected chi connectivity index (χ3v) is 2.55. The Morgan fingerprint density at radius 2 is 1.69 bits per heavy atom. The minimum Gasteiger partial charge on any atom is -0.192 e. The molecule has 0 bridgehead atoms. The lowest BCUT2D eigenvalue weighted by molar-refractivity contribution is 1.40. The lowest BCUT2D eigenvalue weighted by Gasteiger charge is -2.04. The molecule has 0 aliphatic rings. The van der Waals surface area contributed by atoms with Crippen LogP contribution in [0.2, 0.25) is 0 Å². The van der Waals surface area contributed by atoms with E-state index in [0.29, 0.717) is 11.9 Å². The summed E-state index contributed by atoms with van der Waals surface area (Å²) in [6.45, 7) is 0. The normalized spacial score (nSPS) is 9.69. The summed E-state index contributed by atoms with van der Waals surface area (Å²) >= 11 is 0. The van der Waals surface area contributed by atoms with Gasteiger partial charge in [-0.1, -0.05) is 54.3 Å². The molecule has 0 aromatic heterocycles. The van der Waals surface area contributed by atoms with Crippen LogP contribution in [0, 0.1) is 11.3 Å². The average Bonchev–Trinajstić information content (AvgIpc) is 2.39. The second kappa shape index (κ2) is 4.68. The van der Waals surface area contributed by atoms with Crippen molar-refractivity contribution in [3.8, 4) is 17.2 Å². The first-order valence-corrected chi connectivity index (χ1v) is 5.13. The molecule has 0 saturated carbocycles. The first-order chi connectivity index (χ1) is 7.85. The Labute approximate surface area is 96.8 Å². The zero-order valence-corrected chi connectivity index (χ0v) is 8.85. The first-order valence-electron chi connectivity index (χ1n) is 5.13. The van der Waals surface area contributed by atoms with E-state index in [0.717, 1.165) is 16.7 Å². The summed E-state index contributed by atoms with van der Waals surface area (Å²) in [4.78, 5) is 0. The van der Waals surface area contributed by atoms with Crippen molar-refractivity contribution in [3.05, 3.63) is 59.7 Å². The minimum absolute atomic E-state index is 0.542. The van der Waals surface area contributed by atoms with Gasteiger partial charge in [0.25, 0.3) is 0 Å². The van der Waals surface area contributed by atoms with Crippen LogP contribution < -0.4 is 0 Å². The van der Waals surface area contributed by atoms with Crippen LogP contribution in [-0.2, 0) is 6.32 Å². The fourth-order valence-corrected chi connectivity index (χ4v) is 1.65. The van der Waals surface area contributed by atoms with Crippen LogP contribution in [0.1, 0.15) is 11.1 Å². The molecule has 2 rings (SSSR count). The van der Waals surface area contributed by atoms with Crippen molar-refractivity contribution in [1.82, 2.24) is 0 Å². The van der Waals surface area contributed by atoms with Crippen molar-refractivity contribution < 1.29 is 0 Å². The molecule has 0 spiro atoms. The number of nitriles is 1. The van der Waals surface area contributed by atoms with Gasteiger partial charge in [-0.3, -0.25) is 0 Å². The van der Waals surface area contributed by atoms with E-state index in [9.17, 15) is 0 Å². The highest BCUT2D eigenvalue weighted by Crippen LogP contribution is 2.23. The topological polar surface area (TPSA) is 23.8 Å². The molecular weight excluding hydrogens is 193 g/mol. The molecule has 74 valence electrons. The summed E-state index contributed by atoms with van der Waals surface area (Å²) in [6.07, 6.45) is 0.542. The Morgan fingerprint density at radius 1 is 1.00 bits per heavy atom. The Morgan fingerprint density at radius 3 is 2.31 bits per heavy atom. The molecule has 16 heavy (non-hydrogen) atoms. The van der Waals surface area contributed by atoms with E-state index in [2.05, 4.69) is 6.07 Å². The van der Waals surface area contributed by atoms with Crippen LogP contribution in [0.3, 0.4) is 0 Å². The van der Waals surface area contributed by atoms with E-state index in [1.54, 1.807) is 0 Å². The molecule has 0 heterocycles. The molecule has 0 aliphatic carbocycles. The molecule has 2 heteroatoms. The van der Waals surface area contributed by atoms with Crippen molar-refractivity contribution in [2.75, 3.05) is 0 Å². The summed E-state index contributed by atoms with van der Waals surface area (Å²) in [7, 11) is 5.54. The zero-order valence-electron chi connectivity index (χ0n) is 8.85. The van der Waals surface area contributed by atoms with Gasteiger partial charge >= 0.3 is 0 Å². The van der Waals surface area contributed by atoms with E-state index in [-0.39, 0.29) is 0 Å². The van der Waals surface area contributed by atoms with Gasteiger partial charge < -0.3 is 0 Å². The second-order valence-corrected chi connectivity index (χ2v) is 3.56. The molecule has 2 aromatic rings. The monoisotopic (exact) mass is 203 g/mol. The smallest absolute Gasteiger partial charge is 0.0998 e. The third-order valence-electron chi connectivity index (χ3n) is 2.55. The first kappa shape index (κ1) is 10.5. The maximum absolute atomic E-state index is 9.01. The molecule has 1 nitrogen and oxygen atoms in total. The van der Waals surface area contributed by atoms with E-state index < -0.39 is 0 Å². The summed E-state index contributed by atoms with van der Waals surface area (Å²) < 4.78 is 0. The Bertz CT molecular complexity index is 523. The van der Waals surface area contributed by atoms with Crippen LogP contribution in [0.4, 0.5) is 0 Å². The largest absolute Gasteiger partial charge is 0.192 e. The second-order valence-electron chi connectivity index (χ2n) is 3.56. The van der Waals surface area contributed by atoms with Crippen molar-refractivity contribution in [2.24, 2.45) is 0 Å². The van der Waals surface area contributed by atoms with Gasteiger partial charge in [-0.05, 0) is 17.2 Å². The van der Waals surface area contributed by atoms with Crippen LogP contribution in [0.25, 0.3) is 11.1 Å². The maximum Gasteiger partial charge on any atom is 0.0998 e. The van der Waals surface area contributed by atoms with Gasteiger partial charge in [0, 0.05) is 0 Å². The molecule has 0 amide bonds. The predicted octanol–water partition coefficient (Wildman–Crippen LogP) is 2.89. The van der Waals surface area contributed by atoms with Gasteiger partial charge in [0.1, 0.15) is 0 Å². The van der Waals surface area contributed by atoms with Gasteiger partial charge in [0.05, 0.1) is 19.5 Å². The van der Waals surface area contributed by atoms with E-state index in [1.807, 2.05) is 48.5 Å². The van der Waals surface area contributed by atoms with Crippen molar-refractivity contribution in [2.45, 2.75) is 6.32 Å². The molecule has 0 saturated heterocycles. The zero-order chi connectivity index (χ0) is 11.4. The maximum atomic E-state index is 9.01. The highest BCUT2D eigenvalue weighted by Gasteiger charge is 2.02. The molecule has 0 fully saturated rings. The van der Waals surface area contributed by atoms with Gasteiger partial charge in [0.2, 0.25) is 0 Å². The van der Waals surface area contributed by atoms with Gasteiger partial charge in [-0.25, -0.2) is 0 Å². The predicted molar refractivity (Wildman–Crippen MR) is 66.1 cm³/mol. The fourth-order valence-electron chi connectivity index (χ4n) is 1.65. The van der Waals surface area contributed by atoms with Gasteiger partial charge in [0.15, 0.2) is 0 Å². The molecule has 0 aliphatic heterocycles. The summed E-state index contributed by atoms with van der Waals surface area (Å²) in [6, 6.07) is 17.8. The molecule has 0 N–H and O–H groups in total. The number of rotatable bonds is 2. The standard InChI is InChI=1S/C14H10BN/c15-9-11-5-7-12(8-6-11)14-4-2-1-3-13(14)10-16/h1-8H,9H2. The number of hydrogen-bond donors (Lipinski definition) is 0. The molecular formula is C14H10BN. The van der Waals surface area contributed by atoms with E-state index in [4.69, 9.17) is 13.1 Å². The Hall–Kier alpha value is -2.01. The molecule has 2 radical (unpaired) electrons. The number of hydrogen-bond acceptors (Lipinski definition) is 1. The quantitative estimate of drug-likeness (QED) is 0.688. The van der Waals surface area contributed by atoms with Gasteiger partial charge in [-0.15, -0.1) is 0 Å². The van der Waals surface area contributed by atoms with Crippen molar-refractivity contribution in [3.63, 3.8) is 0 Å². The van der Waals surface area contributed by atoms with Crippen LogP contribution >= 0.6 is 0 Å². The fraction of sp³-hybridized carbons (Fsp3) is 0.0714. The van der Waals surface area contributed by atoms with Gasteiger partial charge in [-0.2, -0.15) is 5.26 Å². The molecule has 2 aromatic carbocycles. The van der Waals surface area contributed by atoms with Crippen LogP contribution in [0.5, 0.6) is 0 Å². The SMILES string of the molecule is [B]Cc1ccc(-c2ccccc2C#N)cc1. The number of nitrogens with zero attached hydrogens (tertiary/aromatic N) is 1. The van der Waals surface area contributed by atoms with E-state index in [1.165, 1.54) is 0 Å². The van der Waals surface area contributed by atoms with Crippen LogP contribution in [0.15, 0.2) is 48.5 Å². The lowest BCUT2D eigenvalue weighted by Crippen LogP contribution is -1.86. The van der Waals surface area contributed by atoms with Crippen LogP contribution in [-0.4, -0.2) is 7.85 Å². The Kier molecular flexibility index (Phi) is 3.07. The highest BCUT2D eigenvalue weighted by molar-refractivity contribution is 6.08. The summed E-state index contributed by atoms with van der Waals surface area (Å²) in [5.41, 5.74) is 3.81. The number of benzene rings is 2. The Balaban J connectivity index is 2.47. The third kappa shape index (κ3) is 1.99. The lowest BCUT2D eigenvalue weighted by atomic mass is 9.94. The average molecular weight is 203 g/mol. The van der Waals surface area contributed by atoms with Crippen molar-refractivity contribution >= 4 is 7.85 Å². The van der Waals surface area contributed by atoms with E-state index >= 15 is 0 Å². The molecule has 0 atom stereocenters. The summed E-state index contributed by atoms with van der Waals surface area (Å²) in [5.74, 6) is 0. The highest BCUT2D eigenvalue weighted by atomic mass is 14.2. The minimum atomic E-state index is 0.542. The van der Waals surface area contributed by atoms with Crippen molar-refractivity contribution in [1.29, 1.82) is 5.26 Å². The molecule has 0 unspecified atom stereocenters.